The van der Waals surface area contributed by atoms with Gasteiger partial charge in [-0.3, -0.25) is 0 Å². The Balaban J connectivity index is 1.85. The highest BCUT2D eigenvalue weighted by atomic mass is 35.6. The first-order valence-electron chi connectivity index (χ1n) is 19.2. The van der Waals surface area contributed by atoms with Crippen molar-refractivity contribution in [2.24, 2.45) is 0 Å². The van der Waals surface area contributed by atoms with Gasteiger partial charge in [0.2, 0.25) is 7.38 Å². The van der Waals surface area contributed by atoms with Crippen molar-refractivity contribution in [1.29, 1.82) is 0 Å². The highest BCUT2D eigenvalue weighted by molar-refractivity contribution is 7.41. The average Bonchev–Trinajstić information content (AvgIpc) is 3.16. The molecule has 0 radical (unpaired) electrons. The van der Waals surface area contributed by atoms with E-state index in [0.717, 1.165) is 0 Å². The second-order valence-corrected chi connectivity index (χ2v) is 20.4. The summed E-state index contributed by atoms with van der Waals surface area (Å²) >= 11 is 8.97. The van der Waals surface area contributed by atoms with Gasteiger partial charge in [0.05, 0.1) is 0 Å². The molecule has 0 atom stereocenters. The predicted octanol–water partition coefficient (Wildman–Crippen LogP) is 12.5. The monoisotopic (exact) mass is 732 g/mol. The van der Waals surface area contributed by atoms with Crippen molar-refractivity contribution in [1.82, 2.24) is 0 Å². The molecule has 0 amide bonds. The van der Waals surface area contributed by atoms with Gasteiger partial charge in [-0.1, -0.05) is 72.8 Å². The zero-order chi connectivity index (χ0) is 38.8. The van der Waals surface area contributed by atoms with Gasteiger partial charge >= 0.3 is 0 Å². The minimum Gasteiger partial charge on any atom is -0.149 e. The SMILES string of the molecule is Cc1c(C)c(C)c(-c2ccccc2[Si](Cl)(c2ccccc2-c2c(C)c(C)c(C)c(C)c2C)c2ccccc2-c2c(C)c(C)c(C)c(C)c2C)c(C)c1C. The van der Waals surface area contributed by atoms with Crippen LogP contribution in [0.5, 0.6) is 0 Å². The summed E-state index contributed by atoms with van der Waals surface area (Å²) in [6, 6.07) is 27.3. The summed E-state index contributed by atoms with van der Waals surface area (Å²) < 4.78 is 0. The van der Waals surface area contributed by atoms with Crippen molar-refractivity contribution in [2.45, 2.75) is 104 Å². The Morgan fingerprint density at radius 1 is 0.264 bits per heavy atom. The van der Waals surface area contributed by atoms with Crippen molar-refractivity contribution in [3.63, 3.8) is 0 Å². The molecule has 272 valence electrons. The first-order chi connectivity index (χ1) is 25.0. The van der Waals surface area contributed by atoms with Crippen molar-refractivity contribution in [3.8, 4) is 33.4 Å². The lowest BCUT2D eigenvalue weighted by Gasteiger charge is -2.34. The summed E-state index contributed by atoms with van der Waals surface area (Å²) in [7, 11) is -3.37. The van der Waals surface area contributed by atoms with Crippen molar-refractivity contribution in [2.75, 3.05) is 0 Å². The molecule has 0 N–H and O–H groups in total. The van der Waals surface area contributed by atoms with E-state index in [1.807, 2.05) is 0 Å². The molecule has 0 aromatic heterocycles. The Morgan fingerprint density at radius 2 is 0.434 bits per heavy atom. The maximum absolute atomic E-state index is 8.97. The van der Waals surface area contributed by atoms with Crippen LogP contribution in [0.15, 0.2) is 72.8 Å². The quantitative estimate of drug-likeness (QED) is 0.0908. The van der Waals surface area contributed by atoms with Crippen LogP contribution in [0.2, 0.25) is 0 Å². The molecule has 0 nitrogen and oxygen atoms in total. The zero-order valence-electron chi connectivity index (χ0n) is 34.8. The first kappa shape index (κ1) is 38.5. The van der Waals surface area contributed by atoms with Gasteiger partial charge in [-0.15, -0.1) is 11.1 Å². The van der Waals surface area contributed by atoms with Crippen LogP contribution in [0.3, 0.4) is 0 Å². The van der Waals surface area contributed by atoms with Crippen molar-refractivity contribution in [3.05, 3.63) is 156 Å². The zero-order valence-corrected chi connectivity index (χ0v) is 36.6. The van der Waals surface area contributed by atoms with Gasteiger partial charge in [0.15, 0.2) is 0 Å². The molecule has 0 saturated carbocycles. The van der Waals surface area contributed by atoms with E-state index in [4.69, 9.17) is 11.1 Å². The minimum atomic E-state index is -3.37. The van der Waals surface area contributed by atoms with Gasteiger partial charge in [0, 0.05) is 0 Å². The molecule has 0 saturated heterocycles. The van der Waals surface area contributed by atoms with Crippen LogP contribution < -0.4 is 15.6 Å². The van der Waals surface area contributed by atoms with Gasteiger partial charge in [-0.2, -0.15) is 0 Å². The van der Waals surface area contributed by atoms with Crippen LogP contribution >= 0.6 is 11.1 Å². The number of rotatable bonds is 6. The van der Waals surface area contributed by atoms with E-state index in [1.54, 1.807) is 0 Å². The Morgan fingerprint density at radius 3 is 0.642 bits per heavy atom. The predicted molar refractivity (Wildman–Crippen MR) is 237 cm³/mol. The molecular formula is C51H57ClSi. The Hall–Kier alpha value is -4.17. The largest absolute Gasteiger partial charge is 0.249 e. The molecule has 6 aromatic carbocycles. The van der Waals surface area contributed by atoms with Crippen LogP contribution in [0.25, 0.3) is 33.4 Å². The summed E-state index contributed by atoms with van der Waals surface area (Å²) in [6.07, 6.45) is 0. The fraction of sp³-hybridized carbons (Fsp3) is 0.294. The Labute approximate surface area is 326 Å². The smallest absolute Gasteiger partial charge is 0.149 e. The second-order valence-electron chi connectivity index (χ2n) is 15.8. The maximum Gasteiger partial charge on any atom is 0.249 e. The molecule has 53 heavy (non-hydrogen) atoms. The van der Waals surface area contributed by atoms with E-state index in [9.17, 15) is 0 Å². The third-order valence-electron chi connectivity index (χ3n) is 13.7. The third-order valence-corrected chi connectivity index (χ3v) is 19.1. The number of benzene rings is 6. The minimum absolute atomic E-state index is 1.24. The fourth-order valence-electron chi connectivity index (χ4n) is 9.15. The van der Waals surface area contributed by atoms with E-state index < -0.39 is 7.38 Å². The standard InChI is InChI=1S/C51H57ClSi/c1-28-31(4)37(10)49(38(11)32(28)5)43-22-16-19-25-46(43)53(52,47-26-20-17-23-44(47)50-39(12)33(6)29(2)34(7)40(50)13)48-27-21-18-24-45(48)51-41(14)35(8)30(3)36(9)42(51)15/h16-27H,1-15H3. The van der Waals surface area contributed by atoms with Gasteiger partial charge in [0.1, 0.15) is 0 Å². The number of hydrogen-bond donors (Lipinski definition) is 0. The topological polar surface area (TPSA) is 0 Å². The molecule has 0 spiro atoms. The fourth-order valence-corrected chi connectivity index (χ4v) is 14.2. The maximum atomic E-state index is 8.97. The molecular weight excluding hydrogens is 676 g/mol. The first-order valence-corrected chi connectivity index (χ1v) is 22.2. The van der Waals surface area contributed by atoms with E-state index >= 15 is 0 Å². The Kier molecular flexibility index (Phi) is 10.4. The van der Waals surface area contributed by atoms with Gasteiger partial charge in [-0.25, -0.2) is 0 Å². The number of halogens is 1. The lowest BCUT2D eigenvalue weighted by atomic mass is 9.86. The molecule has 0 aliphatic rings. The van der Waals surface area contributed by atoms with Gasteiger partial charge in [-0.05, 0) is 236 Å². The summed E-state index contributed by atoms with van der Waals surface area (Å²) in [5.74, 6) is 0. The normalized spacial score (nSPS) is 11.8. The molecule has 0 aliphatic carbocycles. The van der Waals surface area contributed by atoms with Crippen LogP contribution in [-0.4, -0.2) is 7.38 Å². The van der Waals surface area contributed by atoms with Crippen molar-refractivity contribution >= 4 is 34.0 Å². The molecule has 2 heteroatoms. The van der Waals surface area contributed by atoms with E-state index in [-0.39, 0.29) is 0 Å². The third kappa shape index (κ3) is 5.87. The Bertz CT molecular complexity index is 2100. The van der Waals surface area contributed by atoms with E-state index in [2.05, 4.69) is 177 Å². The van der Waals surface area contributed by atoms with E-state index in [1.165, 1.54) is 132 Å². The molecule has 0 fully saturated rings. The van der Waals surface area contributed by atoms with Crippen molar-refractivity contribution < 1.29 is 0 Å². The molecule has 0 aliphatic heterocycles. The van der Waals surface area contributed by atoms with Gasteiger partial charge in [0.25, 0.3) is 0 Å². The highest BCUT2D eigenvalue weighted by Gasteiger charge is 2.44. The average molecular weight is 734 g/mol. The second kappa shape index (κ2) is 14.2. The summed E-state index contributed by atoms with van der Waals surface area (Å²) in [5.41, 5.74) is 27.9. The summed E-state index contributed by atoms with van der Waals surface area (Å²) in [4.78, 5) is 0. The molecule has 0 heterocycles. The van der Waals surface area contributed by atoms with Crippen LogP contribution in [0, 0.1) is 104 Å². The molecule has 0 bridgehead atoms. The van der Waals surface area contributed by atoms with Crippen LogP contribution in [0.1, 0.15) is 83.5 Å². The lowest BCUT2D eigenvalue weighted by Crippen LogP contribution is -2.64. The lowest BCUT2D eigenvalue weighted by molar-refractivity contribution is 1.18. The molecule has 6 aromatic rings. The van der Waals surface area contributed by atoms with Crippen LogP contribution in [0.4, 0.5) is 0 Å². The van der Waals surface area contributed by atoms with Crippen LogP contribution in [-0.2, 0) is 0 Å². The summed E-state index contributed by atoms with van der Waals surface area (Å²) in [5, 5.41) is 3.71. The highest BCUT2D eigenvalue weighted by Crippen LogP contribution is 2.40. The molecule has 0 unspecified atom stereocenters. The summed E-state index contributed by atoms with van der Waals surface area (Å²) in [6.45, 7) is 34.3. The molecule has 6 rings (SSSR count). The number of hydrogen-bond acceptors (Lipinski definition) is 0. The van der Waals surface area contributed by atoms with Gasteiger partial charge < -0.3 is 0 Å². The van der Waals surface area contributed by atoms with E-state index in [0.29, 0.717) is 0 Å².